The molecule has 2 N–H and O–H groups in total. The van der Waals surface area contributed by atoms with Crippen molar-refractivity contribution in [2.24, 2.45) is 17.3 Å². The summed E-state index contributed by atoms with van der Waals surface area (Å²) in [7, 11) is 0. The first-order chi connectivity index (χ1) is 13.9. The van der Waals surface area contributed by atoms with Crippen molar-refractivity contribution in [3.8, 4) is 0 Å². The first kappa shape index (κ1) is 18.8. The molecule has 2 amide bonds. The maximum absolute atomic E-state index is 13.5. The predicted molar refractivity (Wildman–Crippen MR) is 112 cm³/mol. The first-order valence-electron chi connectivity index (χ1n) is 10.1. The van der Waals surface area contributed by atoms with E-state index in [1.54, 1.807) is 0 Å². The smallest absolute Gasteiger partial charge is 0.230 e. The average Bonchev–Trinajstić information content (AvgIpc) is 3.09. The third kappa shape index (κ3) is 3.27. The summed E-state index contributed by atoms with van der Waals surface area (Å²) in [5.41, 5.74) is 1.03. The summed E-state index contributed by atoms with van der Waals surface area (Å²) in [4.78, 5) is 28.9. The van der Waals surface area contributed by atoms with E-state index in [1.165, 1.54) is 13.3 Å². The number of amides is 2. The molecule has 6 rings (SSSR count). The van der Waals surface area contributed by atoms with Crippen molar-refractivity contribution in [2.45, 2.75) is 51.0 Å². The summed E-state index contributed by atoms with van der Waals surface area (Å²) in [5, 5.41) is 10.5. The summed E-state index contributed by atoms with van der Waals surface area (Å²) < 4.78 is 2.62. The van der Waals surface area contributed by atoms with Crippen LogP contribution in [0.3, 0.4) is 0 Å². The lowest BCUT2D eigenvalue weighted by molar-refractivity contribution is -0.150. The van der Waals surface area contributed by atoms with E-state index >= 15 is 0 Å². The summed E-state index contributed by atoms with van der Waals surface area (Å²) in [6.45, 7) is 1.48. The molecule has 8 heteroatoms. The standard InChI is InChI=1S/C21H24BrN5O2/c1-13(28)24-16-2-4-17(5-3-16)25-18(29)20-7-14-6-15(8-20)10-21(9-14,11-20)27-12-23-19(22)26-27/h2-5,12,14-15H,6-11H2,1H3,(H,24,28)(H,25,29)/t14-,15-,20?,21?/m1/s1. The molecule has 2 atom stereocenters. The highest BCUT2D eigenvalue weighted by atomic mass is 79.9. The molecule has 7 nitrogen and oxygen atoms in total. The van der Waals surface area contributed by atoms with E-state index in [-0.39, 0.29) is 22.8 Å². The fourth-order valence-electron chi connectivity index (χ4n) is 6.32. The molecule has 1 aromatic carbocycles. The van der Waals surface area contributed by atoms with E-state index in [4.69, 9.17) is 0 Å². The zero-order valence-electron chi connectivity index (χ0n) is 16.3. The van der Waals surface area contributed by atoms with Crippen molar-refractivity contribution in [1.29, 1.82) is 0 Å². The van der Waals surface area contributed by atoms with Gasteiger partial charge >= 0.3 is 0 Å². The van der Waals surface area contributed by atoms with Crippen LogP contribution in [0.15, 0.2) is 35.3 Å². The Morgan fingerprint density at radius 2 is 1.69 bits per heavy atom. The monoisotopic (exact) mass is 457 g/mol. The largest absolute Gasteiger partial charge is 0.326 e. The minimum absolute atomic E-state index is 0.101. The van der Waals surface area contributed by atoms with Crippen LogP contribution in [0, 0.1) is 17.3 Å². The number of hydrogen-bond donors (Lipinski definition) is 2. The lowest BCUT2D eigenvalue weighted by Gasteiger charge is -2.60. The van der Waals surface area contributed by atoms with Gasteiger partial charge in [0.15, 0.2) is 0 Å². The van der Waals surface area contributed by atoms with Crippen LogP contribution in [0.1, 0.15) is 45.4 Å². The SMILES string of the molecule is CC(=O)Nc1ccc(NC(=O)C23C[C@H]4C[C@H](C2)CC(n2cnc(Br)n2)(C4)C3)cc1. The number of anilines is 2. The molecule has 1 aromatic heterocycles. The lowest BCUT2D eigenvalue weighted by Crippen LogP contribution is -2.60. The fraction of sp³-hybridized carbons (Fsp3) is 0.524. The second-order valence-electron chi connectivity index (χ2n) is 9.14. The number of nitrogens with one attached hydrogen (secondary N) is 2. The van der Waals surface area contributed by atoms with Crippen LogP contribution in [0.4, 0.5) is 11.4 Å². The highest BCUT2D eigenvalue weighted by Gasteiger charge is 2.61. The zero-order valence-corrected chi connectivity index (χ0v) is 17.9. The molecule has 0 saturated heterocycles. The Hall–Kier alpha value is -2.22. The van der Waals surface area contributed by atoms with Crippen molar-refractivity contribution in [3.05, 3.63) is 35.3 Å². The van der Waals surface area contributed by atoms with Gasteiger partial charge < -0.3 is 10.6 Å². The summed E-state index contributed by atoms with van der Waals surface area (Å²) in [6, 6.07) is 7.30. The third-order valence-electron chi connectivity index (χ3n) is 6.92. The van der Waals surface area contributed by atoms with E-state index in [0.29, 0.717) is 16.6 Å². The Morgan fingerprint density at radius 3 is 2.24 bits per heavy atom. The molecular weight excluding hydrogens is 434 g/mol. The maximum atomic E-state index is 13.5. The Kier molecular flexibility index (Phi) is 4.31. The molecule has 4 saturated carbocycles. The molecule has 2 aromatic rings. The van der Waals surface area contributed by atoms with Crippen molar-refractivity contribution < 1.29 is 9.59 Å². The minimum Gasteiger partial charge on any atom is -0.326 e. The van der Waals surface area contributed by atoms with Gasteiger partial charge in [-0.3, -0.25) is 9.59 Å². The fourth-order valence-corrected chi connectivity index (χ4v) is 6.59. The maximum Gasteiger partial charge on any atom is 0.230 e. The lowest BCUT2D eigenvalue weighted by atomic mass is 9.46. The number of carbonyl (C=O) groups is 2. The summed E-state index contributed by atoms with van der Waals surface area (Å²) in [6.07, 6.45) is 7.92. The Bertz CT molecular complexity index is 956. The first-order valence-corrected chi connectivity index (χ1v) is 10.9. The molecule has 4 fully saturated rings. The van der Waals surface area contributed by atoms with Gasteiger partial charge in [0.25, 0.3) is 0 Å². The number of halogens is 1. The number of nitrogens with zero attached hydrogens (tertiary/aromatic N) is 3. The Balaban J connectivity index is 1.39. The average molecular weight is 458 g/mol. The van der Waals surface area contributed by atoms with Gasteiger partial charge in [0.1, 0.15) is 6.33 Å². The number of carbonyl (C=O) groups excluding carboxylic acids is 2. The topological polar surface area (TPSA) is 88.9 Å². The van der Waals surface area contributed by atoms with E-state index in [0.717, 1.165) is 43.5 Å². The van der Waals surface area contributed by atoms with E-state index in [9.17, 15) is 9.59 Å². The number of aromatic nitrogens is 3. The van der Waals surface area contributed by atoms with Gasteiger partial charge in [-0.2, -0.15) is 0 Å². The number of benzene rings is 1. The van der Waals surface area contributed by atoms with Gasteiger partial charge in [-0.05, 0) is 90.6 Å². The van der Waals surface area contributed by atoms with E-state index < -0.39 is 0 Å². The zero-order chi connectivity index (χ0) is 20.2. The van der Waals surface area contributed by atoms with Crippen LogP contribution >= 0.6 is 15.9 Å². The molecule has 0 aliphatic heterocycles. The van der Waals surface area contributed by atoms with Gasteiger partial charge in [0.05, 0.1) is 11.0 Å². The second kappa shape index (κ2) is 6.65. The molecule has 0 unspecified atom stereocenters. The van der Waals surface area contributed by atoms with Gasteiger partial charge in [0, 0.05) is 18.3 Å². The van der Waals surface area contributed by atoms with Crippen molar-refractivity contribution in [1.82, 2.24) is 14.8 Å². The van der Waals surface area contributed by atoms with Gasteiger partial charge in [-0.15, -0.1) is 5.10 Å². The van der Waals surface area contributed by atoms with E-state index in [1.807, 2.05) is 35.3 Å². The third-order valence-corrected chi connectivity index (χ3v) is 7.29. The summed E-state index contributed by atoms with van der Waals surface area (Å²) in [5.74, 6) is 1.13. The Morgan fingerprint density at radius 1 is 1.07 bits per heavy atom. The molecule has 4 bridgehead atoms. The van der Waals surface area contributed by atoms with Crippen molar-refractivity contribution in [2.75, 3.05) is 10.6 Å². The molecule has 1 heterocycles. The molecule has 0 radical (unpaired) electrons. The highest BCUT2D eigenvalue weighted by Crippen LogP contribution is 2.64. The van der Waals surface area contributed by atoms with Crippen molar-refractivity contribution in [3.63, 3.8) is 0 Å². The highest BCUT2D eigenvalue weighted by molar-refractivity contribution is 9.10. The molecule has 0 spiro atoms. The number of rotatable bonds is 4. The van der Waals surface area contributed by atoms with Crippen LogP contribution in [0.5, 0.6) is 0 Å². The molecular formula is C21H24BrN5O2. The van der Waals surface area contributed by atoms with Crippen LogP contribution in [0.25, 0.3) is 0 Å². The molecule has 4 aliphatic carbocycles. The number of hydrogen-bond acceptors (Lipinski definition) is 4. The van der Waals surface area contributed by atoms with Crippen LogP contribution in [0.2, 0.25) is 0 Å². The second-order valence-corrected chi connectivity index (χ2v) is 9.85. The molecule has 4 aliphatic rings. The summed E-state index contributed by atoms with van der Waals surface area (Å²) >= 11 is 3.37. The quantitative estimate of drug-likeness (QED) is 0.727. The predicted octanol–water partition coefficient (Wildman–Crippen LogP) is 3.93. The normalized spacial score (nSPS) is 32.2. The van der Waals surface area contributed by atoms with E-state index in [2.05, 4.69) is 36.6 Å². The van der Waals surface area contributed by atoms with Crippen LogP contribution in [-0.4, -0.2) is 26.6 Å². The van der Waals surface area contributed by atoms with Crippen LogP contribution in [-0.2, 0) is 15.1 Å². The minimum atomic E-state index is -0.348. The van der Waals surface area contributed by atoms with Crippen LogP contribution < -0.4 is 10.6 Å². The van der Waals surface area contributed by atoms with Gasteiger partial charge in [-0.1, -0.05) is 0 Å². The van der Waals surface area contributed by atoms with Gasteiger partial charge in [0.2, 0.25) is 16.5 Å². The molecule has 29 heavy (non-hydrogen) atoms. The Labute approximate surface area is 177 Å². The van der Waals surface area contributed by atoms with Crippen molar-refractivity contribution >= 4 is 39.1 Å². The van der Waals surface area contributed by atoms with Gasteiger partial charge in [-0.25, -0.2) is 9.67 Å². The molecule has 152 valence electrons.